The summed E-state index contributed by atoms with van der Waals surface area (Å²) in [6.45, 7) is 4.33. The van der Waals surface area contributed by atoms with E-state index in [2.05, 4.69) is 43.4 Å². The molecule has 0 aliphatic carbocycles. The Morgan fingerprint density at radius 2 is 1.83 bits per heavy atom. The van der Waals surface area contributed by atoms with Crippen molar-refractivity contribution in [3.63, 3.8) is 0 Å². The van der Waals surface area contributed by atoms with Crippen LogP contribution in [0.5, 0.6) is 0 Å². The number of benzene rings is 1. The van der Waals surface area contributed by atoms with Crippen LogP contribution in [0, 0.1) is 6.92 Å². The highest BCUT2D eigenvalue weighted by atomic mass is 35.5. The van der Waals surface area contributed by atoms with Gasteiger partial charge in [-0.05, 0) is 12.5 Å². The molecule has 1 aromatic rings. The van der Waals surface area contributed by atoms with Gasteiger partial charge >= 0.3 is 0 Å². The van der Waals surface area contributed by atoms with Crippen LogP contribution in [0.1, 0.15) is 5.56 Å². The van der Waals surface area contributed by atoms with Crippen LogP contribution in [0.4, 0.5) is 0 Å². The highest BCUT2D eigenvalue weighted by Gasteiger charge is 2.01. The molecule has 0 saturated heterocycles. The first-order valence-corrected chi connectivity index (χ1v) is 6.43. The lowest BCUT2D eigenvalue weighted by molar-refractivity contribution is 1.49. The van der Waals surface area contributed by atoms with E-state index in [1.165, 1.54) is 10.8 Å². The Labute approximate surface area is 80.5 Å². The summed E-state index contributed by atoms with van der Waals surface area (Å²) >= 11 is 5.52. The Bertz CT molecular complexity index is 264. The first-order chi connectivity index (χ1) is 5.74. The standard InChI is InChI=1S/C10H12ClSi/c1-9-3-5-10(6-4-9)12(2)8-7-11/h3-8H,1-2H3. The zero-order valence-corrected chi connectivity index (χ0v) is 9.10. The smallest absolute Gasteiger partial charge is 0.0937 e. The molecule has 0 saturated carbocycles. The zero-order chi connectivity index (χ0) is 8.97. The first-order valence-electron chi connectivity index (χ1n) is 3.91. The molecule has 0 heterocycles. The van der Waals surface area contributed by atoms with Gasteiger partial charge in [0.2, 0.25) is 0 Å². The van der Waals surface area contributed by atoms with Crippen LogP contribution in [0.25, 0.3) is 0 Å². The number of hydrogen-bond donors (Lipinski definition) is 0. The predicted octanol–water partition coefficient (Wildman–Crippen LogP) is 2.62. The van der Waals surface area contributed by atoms with Gasteiger partial charge in [-0.3, -0.25) is 0 Å². The van der Waals surface area contributed by atoms with Gasteiger partial charge in [0, 0.05) is 0 Å². The van der Waals surface area contributed by atoms with Crippen LogP contribution in [-0.2, 0) is 0 Å². The van der Waals surface area contributed by atoms with Crippen LogP contribution < -0.4 is 5.19 Å². The fraction of sp³-hybridized carbons (Fsp3) is 0.200. The fourth-order valence-corrected chi connectivity index (χ4v) is 2.65. The summed E-state index contributed by atoms with van der Waals surface area (Å²) in [7, 11) is -0.547. The monoisotopic (exact) mass is 195 g/mol. The molecule has 1 aromatic carbocycles. The van der Waals surface area contributed by atoms with Crippen LogP contribution in [0.15, 0.2) is 35.5 Å². The minimum atomic E-state index is -0.547. The molecule has 0 atom stereocenters. The summed E-state index contributed by atoms with van der Waals surface area (Å²) in [5.41, 5.74) is 5.01. The molecule has 0 nitrogen and oxygen atoms in total. The fourth-order valence-electron chi connectivity index (χ4n) is 1.01. The molecule has 12 heavy (non-hydrogen) atoms. The van der Waals surface area contributed by atoms with E-state index in [0.29, 0.717) is 0 Å². The lowest BCUT2D eigenvalue weighted by Gasteiger charge is -2.03. The number of rotatable bonds is 2. The zero-order valence-electron chi connectivity index (χ0n) is 7.34. The molecule has 63 valence electrons. The van der Waals surface area contributed by atoms with E-state index in [1.807, 2.05) is 0 Å². The van der Waals surface area contributed by atoms with E-state index in [9.17, 15) is 0 Å². The lowest BCUT2D eigenvalue weighted by atomic mass is 10.2. The third kappa shape index (κ3) is 2.50. The Hall–Kier alpha value is -0.533. The van der Waals surface area contributed by atoms with Crippen molar-refractivity contribution in [3.05, 3.63) is 41.1 Å². The maximum atomic E-state index is 5.52. The van der Waals surface area contributed by atoms with E-state index < -0.39 is 8.80 Å². The average Bonchev–Trinajstić information content (AvgIpc) is 2.06. The van der Waals surface area contributed by atoms with Gasteiger partial charge in [-0.1, -0.05) is 58.9 Å². The molecular weight excluding hydrogens is 184 g/mol. The summed E-state index contributed by atoms with van der Waals surface area (Å²) < 4.78 is 0. The van der Waals surface area contributed by atoms with Gasteiger partial charge in [-0.2, -0.15) is 0 Å². The highest BCUT2D eigenvalue weighted by molar-refractivity contribution is 6.77. The van der Waals surface area contributed by atoms with Gasteiger partial charge in [0.1, 0.15) is 8.80 Å². The van der Waals surface area contributed by atoms with Gasteiger partial charge in [0.15, 0.2) is 0 Å². The van der Waals surface area contributed by atoms with E-state index in [-0.39, 0.29) is 0 Å². The van der Waals surface area contributed by atoms with E-state index in [1.54, 1.807) is 5.54 Å². The Kier molecular flexibility index (Phi) is 3.57. The second-order valence-electron chi connectivity index (χ2n) is 2.84. The molecule has 1 radical (unpaired) electrons. The van der Waals surface area contributed by atoms with Crippen molar-refractivity contribution >= 4 is 25.6 Å². The van der Waals surface area contributed by atoms with Gasteiger partial charge in [0.25, 0.3) is 0 Å². The molecule has 0 unspecified atom stereocenters. The predicted molar refractivity (Wildman–Crippen MR) is 57.4 cm³/mol. The van der Waals surface area contributed by atoms with E-state index in [4.69, 9.17) is 11.6 Å². The van der Waals surface area contributed by atoms with Crippen LogP contribution >= 0.6 is 11.6 Å². The molecule has 0 fully saturated rings. The molecule has 0 spiro atoms. The molecule has 0 aromatic heterocycles. The van der Waals surface area contributed by atoms with Crippen LogP contribution in [-0.4, -0.2) is 8.80 Å². The molecule has 0 N–H and O–H groups in total. The Morgan fingerprint density at radius 3 is 2.33 bits per heavy atom. The lowest BCUT2D eigenvalue weighted by Crippen LogP contribution is -2.23. The van der Waals surface area contributed by atoms with Crippen molar-refractivity contribution in [1.29, 1.82) is 0 Å². The van der Waals surface area contributed by atoms with Crippen molar-refractivity contribution in [2.45, 2.75) is 13.5 Å². The molecule has 0 aliphatic heterocycles. The van der Waals surface area contributed by atoms with Crippen LogP contribution in [0.3, 0.4) is 0 Å². The SMILES string of the molecule is Cc1ccc([Si](C)C=CCl)cc1. The van der Waals surface area contributed by atoms with Crippen molar-refractivity contribution < 1.29 is 0 Å². The first kappa shape index (κ1) is 9.55. The minimum absolute atomic E-state index is 0.547. The van der Waals surface area contributed by atoms with E-state index in [0.717, 1.165) is 0 Å². The van der Waals surface area contributed by atoms with Crippen molar-refractivity contribution in [2.75, 3.05) is 0 Å². The van der Waals surface area contributed by atoms with Gasteiger partial charge in [0.05, 0.1) is 0 Å². The Balaban J connectivity index is 2.82. The molecule has 0 amide bonds. The normalized spacial score (nSPS) is 11.3. The third-order valence-corrected chi connectivity index (χ3v) is 4.07. The maximum Gasteiger partial charge on any atom is 0.110 e. The number of hydrogen-bond acceptors (Lipinski definition) is 0. The number of aryl methyl sites for hydroxylation is 1. The topological polar surface area (TPSA) is 0 Å². The van der Waals surface area contributed by atoms with Gasteiger partial charge < -0.3 is 0 Å². The second kappa shape index (κ2) is 4.48. The van der Waals surface area contributed by atoms with Crippen LogP contribution in [0.2, 0.25) is 6.55 Å². The van der Waals surface area contributed by atoms with Gasteiger partial charge in [-0.15, -0.1) is 0 Å². The van der Waals surface area contributed by atoms with Crippen molar-refractivity contribution in [1.82, 2.24) is 0 Å². The highest BCUT2D eigenvalue weighted by Crippen LogP contribution is 1.96. The summed E-state index contributed by atoms with van der Waals surface area (Å²) in [5, 5.41) is 1.41. The molecule has 0 aliphatic rings. The molecular formula is C10H12ClSi. The summed E-state index contributed by atoms with van der Waals surface area (Å²) in [5.74, 6) is 0. The van der Waals surface area contributed by atoms with Crippen molar-refractivity contribution in [3.8, 4) is 0 Å². The average molecular weight is 196 g/mol. The summed E-state index contributed by atoms with van der Waals surface area (Å²) in [6.07, 6.45) is 0. The summed E-state index contributed by atoms with van der Waals surface area (Å²) in [4.78, 5) is 0. The largest absolute Gasteiger partial charge is 0.110 e. The van der Waals surface area contributed by atoms with Gasteiger partial charge in [-0.25, -0.2) is 0 Å². The van der Waals surface area contributed by atoms with E-state index >= 15 is 0 Å². The third-order valence-electron chi connectivity index (χ3n) is 1.82. The molecule has 2 heteroatoms. The minimum Gasteiger partial charge on any atom is -0.0937 e. The quantitative estimate of drug-likeness (QED) is 0.637. The number of halogens is 1. The molecule has 1 rings (SSSR count). The maximum absolute atomic E-state index is 5.52. The summed E-state index contributed by atoms with van der Waals surface area (Å²) in [6, 6.07) is 8.65. The molecule has 0 bridgehead atoms. The Morgan fingerprint density at radius 1 is 1.25 bits per heavy atom. The second-order valence-corrected chi connectivity index (χ2v) is 5.37. The van der Waals surface area contributed by atoms with Crippen molar-refractivity contribution in [2.24, 2.45) is 0 Å².